The Hall–Kier alpha value is -1.32. The summed E-state index contributed by atoms with van der Waals surface area (Å²) in [4.78, 5) is 0. The van der Waals surface area contributed by atoms with Crippen molar-refractivity contribution in [2.24, 2.45) is 5.16 Å². The molecule has 1 aromatic heterocycles. The van der Waals surface area contributed by atoms with E-state index in [0.717, 1.165) is 5.56 Å². The number of aromatic nitrogens is 2. The van der Waals surface area contributed by atoms with E-state index in [1.165, 1.54) is 6.21 Å². The van der Waals surface area contributed by atoms with Gasteiger partial charge in [0.15, 0.2) is 0 Å². The molecule has 1 aromatic rings. The molecule has 0 aromatic carbocycles. The lowest BCUT2D eigenvalue weighted by Gasteiger charge is -2.02. The summed E-state index contributed by atoms with van der Waals surface area (Å²) in [6.45, 7) is 4.07. The van der Waals surface area contributed by atoms with Crippen LogP contribution >= 0.6 is 0 Å². The quantitative estimate of drug-likeness (QED) is 0.395. The lowest BCUT2D eigenvalue weighted by molar-refractivity contribution is 0.322. The highest BCUT2D eigenvalue weighted by Gasteiger charge is 1.98. The van der Waals surface area contributed by atoms with Gasteiger partial charge in [-0.2, -0.15) is 5.10 Å². The average molecular weight is 153 g/mol. The summed E-state index contributed by atoms with van der Waals surface area (Å²) in [5.41, 5.74) is 0.807. The summed E-state index contributed by atoms with van der Waals surface area (Å²) < 4.78 is 1.80. The Kier molecular flexibility index (Phi) is 2.25. The third-order valence-corrected chi connectivity index (χ3v) is 1.36. The highest BCUT2D eigenvalue weighted by atomic mass is 16.4. The number of oxime groups is 1. The monoisotopic (exact) mass is 153 g/mol. The van der Waals surface area contributed by atoms with Crippen molar-refractivity contribution in [3.63, 3.8) is 0 Å². The van der Waals surface area contributed by atoms with Crippen molar-refractivity contribution in [1.29, 1.82) is 0 Å². The maximum absolute atomic E-state index is 8.20. The van der Waals surface area contributed by atoms with Gasteiger partial charge >= 0.3 is 0 Å². The van der Waals surface area contributed by atoms with Gasteiger partial charge in [-0.15, -0.1) is 0 Å². The van der Waals surface area contributed by atoms with Gasteiger partial charge in [0.2, 0.25) is 0 Å². The SMILES string of the molecule is CC(C)n1cc(/C=N/O)cn1. The van der Waals surface area contributed by atoms with Crippen LogP contribution in [0.25, 0.3) is 0 Å². The maximum atomic E-state index is 8.20. The molecule has 0 saturated heterocycles. The van der Waals surface area contributed by atoms with E-state index in [4.69, 9.17) is 5.21 Å². The van der Waals surface area contributed by atoms with Gasteiger partial charge in [0.25, 0.3) is 0 Å². The molecule has 0 atom stereocenters. The van der Waals surface area contributed by atoms with Gasteiger partial charge in [0, 0.05) is 17.8 Å². The lowest BCUT2D eigenvalue weighted by Crippen LogP contribution is -1.99. The van der Waals surface area contributed by atoms with Gasteiger partial charge in [0.05, 0.1) is 12.4 Å². The molecular weight excluding hydrogens is 142 g/mol. The minimum Gasteiger partial charge on any atom is -0.411 e. The van der Waals surface area contributed by atoms with Crippen LogP contribution in [0, 0.1) is 0 Å². The third-order valence-electron chi connectivity index (χ3n) is 1.36. The molecule has 1 N–H and O–H groups in total. The normalized spacial score (nSPS) is 11.5. The molecule has 11 heavy (non-hydrogen) atoms. The van der Waals surface area contributed by atoms with Crippen LogP contribution in [0.5, 0.6) is 0 Å². The van der Waals surface area contributed by atoms with E-state index in [9.17, 15) is 0 Å². The van der Waals surface area contributed by atoms with Crippen molar-refractivity contribution < 1.29 is 5.21 Å². The Labute approximate surface area is 65.1 Å². The molecule has 0 aliphatic carbocycles. The van der Waals surface area contributed by atoms with Crippen molar-refractivity contribution >= 4 is 6.21 Å². The van der Waals surface area contributed by atoms with Crippen molar-refractivity contribution in [3.05, 3.63) is 18.0 Å². The first kappa shape index (κ1) is 7.78. The second-order valence-electron chi connectivity index (χ2n) is 2.59. The Morgan fingerprint density at radius 2 is 2.45 bits per heavy atom. The Morgan fingerprint density at radius 1 is 1.73 bits per heavy atom. The van der Waals surface area contributed by atoms with E-state index >= 15 is 0 Å². The molecule has 0 aliphatic rings. The summed E-state index contributed by atoms with van der Waals surface area (Å²) in [7, 11) is 0. The molecule has 0 aliphatic heterocycles. The molecule has 0 fully saturated rings. The highest BCUT2D eigenvalue weighted by molar-refractivity contribution is 5.77. The summed E-state index contributed by atoms with van der Waals surface area (Å²) in [6, 6.07) is 0.343. The minimum atomic E-state index is 0.343. The number of rotatable bonds is 2. The van der Waals surface area contributed by atoms with Crippen LogP contribution in [0.4, 0.5) is 0 Å². The van der Waals surface area contributed by atoms with Gasteiger partial charge in [-0.1, -0.05) is 5.16 Å². The summed E-state index contributed by atoms with van der Waals surface area (Å²) in [5.74, 6) is 0. The first-order valence-electron chi connectivity index (χ1n) is 3.45. The molecule has 4 heteroatoms. The molecule has 1 rings (SSSR count). The van der Waals surface area contributed by atoms with Crippen LogP contribution in [0.2, 0.25) is 0 Å². The minimum absolute atomic E-state index is 0.343. The smallest absolute Gasteiger partial charge is 0.0765 e. The molecule has 1 heterocycles. The number of hydrogen-bond acceptors (Lipinski definition) is 3. The molecule has 0 amide bonds. The van der Waals surface area contributed by atoms with E-state index in [1.807, 2.05) is 20.0 Å². The average Bonchev–Trinajstić information content (AvgIpc) is 2.37. The van der Waals surface area contributed by atoms with E-state index in [2.05, 4.69) is 10.3 Å². The Bertz CT molecular complexity index is 252. The van der Waals surface area contributed by atoms with E-state index in [-0.39, 0.29) is 0 Å². The molecule has 0 radical (unpaired) electrons. The molecule has 4 nitrogen and oxygen atoms in total. The predicted octanol–water partition coefficient (Wildman–Crippen LogP) is 1.27. The number of hydrogen-bond donors (Lipinski definition) is 1. The summed E-state index contributed by atoms with van der Waals surface area (Å²) >= 11 is 0. The van der Waals surface area contributed by atoms with Crippen LogP contribution in [0.3, 0.4) is 0 Å². The number of nitrogens with zero attached hydrogens (tertiary/aromatic N) is 3. The molecule has 0 saturated carbocycles. The topological polar surface area (TPSA) is 50.4 Å². The highest BCUT2D eigenvalue weighted by Crippen LogP contribution is 2.02. The largest absolute Gasteiger partial charge is 0.411 e. The summed E-state index contributed by atoms with van der Waals surface area (Å²) in [5, 5.41) is 15.1. The second-order valence-corrected chi connectivity index (χ2v) is 2.59. The zero-order valence-electron chi connectivity index (χ0n) is 6.60. The van der Waals surface area contributed by atoms with Crippen molar-refractivity contribution in [2.45, 2.75) is 19.9 Å². The standard InChI is InChI=1S/C7H11N3O/c1-6(2)10-5-7(3-8-10)4-9-11/h3-6,11H,1-2H3/b9-4+. The second kappa shape index (κ2) is 3.18. The van der Waals surface area contributed by atoms with Crippen LogP contribution in [0.1, 0.15) is 25.5 Å². The molecule has 60 valence electrons. The van der Waals surface area contributed by atoms with Crippen LogP contribution in [-0.2, 0) is 0 Å². The first-order chi connectivity index (χ1) is 5.24. The predicted molar refractivity (Wildman–Crippen MR) is 42.0 cm³/mol. The van der Waals surface area contributed by atoms with Crippen LogP contribution in [0.15, 0.2) is 17.5 Å². The molecule has 0 spiro atoms. The fraction of sp³-hybridized carbons (Fsp3) is 0.429. The van der Waals surface area contributed by atoms with Crippen LogP contribution < -0.4 is 0 Å². The molecule has 0 unspecified atom stereocenters. The Morgan fingerprint density at radius 3 is 2.91 bits per heavy atom. The van der Waals surface area contributed by atoms with Crippen molar-refractivity contribution in [2.75, 3.05) is 0 Å². The van der Waals surface area contributed by atoms with E-state index < -0.39 is 0 Å². The van der Waals surface area contributed by atoms with E-state index in [0.29, 0.717) is 6.04 Å². The Balaban J connectivity index is 2.81. The maximum Gasteiger partial charge on any atom is 0.0765 e. The van der Waals surface area contributed by atoms with Gasteiger partial charge < -0.3 is 5.21 Å². The van der Waals surface area contributed by atoms with Crippen molar-refractivity contribution in [3.8, 4) is 0 Å². The third kappa shape index (κ3) is 1.80. The summed E-state index contributed by atoms with van der Waals surface area (Å²) in [6.07, 6.45) is 4.83. The molecular formula is C7H11N3O. The zero-order valence-corrected chi connectivity index (χ0v) is 6.60. The van der Waals surface area contributed by atoms with Gasteiger partial charge in [-0.05, 0) is 13.8 Å². The van der Waals surface area contributed by atoms with Gasteiger partial charge in [-0.25, -0.2) is 0 Å². The zero-order chi connectivity index (χ0) is 8.27. The van der Waals surface area contributed by atoms with E-state index in [1.54, 1.807) is 10.9 Å². The first-order valence-corrected chi connectivity index (χ1v) is 3.45. The van der Waals surface area contributed by atoms with Crippen molar-refractivity contribution in [1.82, 2.24) is 9.78 Å². The van der Waals surface area contributed by atoms with Crippen LogP contribution in [-0.4, -0.2) is 21.2 Å². The molecule has 0 bridgehead atoms. The fourth-order valence-corrected chi connectivity index (χ4v) is 0.768. The fourth-order valence-electron chi connectivity index (χ4n) is 0.768. The van der Waals surface area contributed by atoms with Gasteiger partial charge in [0.1, 0.15) is 0 Å². The van der Waals surface area contributed by atoms with Gasteiger partial charge in [-0.3, -0.25) is 4.68 Å². The lowest BCUT2D eigenvalue weighted by atomic mass is 10.4.